The van der Waals surface area contributed by atoms with E-state index in [0.717, 1.165) is 6.54 Å². The van der Waals surface area contributed by atoms with Crippen LogP contribution in [0.15, 0.2) is 0 Å². The summed E-state index contributed by atoms with van der Waals surface area (Å²) < 4.78 is 6.54. The molecule has 0 bridgehead atoms. The van der Waals surface area contributed by atoms with Gasteiger partial charge in [0.15, 0.2) is 0 Å². The molecule has 1 unspecified atom stereocenters. The van der Waals surface area contributed by atoms with E-state index in [9.17, 15) is 0 Å². The molecule has 2 aliphatic carbocycles. The Balaban J connectivity index is 1.59. The van der Waals surface area contributed by atoms with Crippen molar-refractivity contribution < 1.29 is 4.74 Å². The van der Waals surface area contributed by atoms with Gasteiger partial charge in [-0.2, -0.15) is 0 Å². The van der Waals surface area contributed by atoms with Crippen LogP contribution in [0, 0.1) is 10.8 Å². The summed E-state index contributed by atoms with van der Waals surface area (Å²) >= 11 is 0. The van der Waals surface area contributed by atoms with Gasteiger partial charge in [0.25, 0.3) is 0 Å². The van der Waals surface area contributed by atoms with Gasteiger partial charge in [0, 0.05) is 0 Å². The molecule has 1 heterocycles. The van der Waals surface area contributed by atoms with Crippen LogP contribution in [0.3, 0.4) is 0 Å². The Morgan fingerprint density at radius 3 is 2.20 bits per heavy atom. The molecule has 3 fully saturated rings. The fourth-order valence-electron chi connectivity index (χ4n) is 4.86. The van der Waals surface area contributed by atoms with Crippen molar-refractivity contribution in [1.29, 1.82) is 0 Å². The van der Waals surface area contributed by atoms with Crippen molar-refractivity contribution in [1.82, 2.24) is 0 Å². The predicted octanol–water partition coefficient (Wildman–Crippen LogP) is 4.41. The first-order valence-electron chi connectivity index (χ1n) is 8.85. The highest BCUT2D eigenvalue weighted by atomic mass is 16.5. The summed E-state index contributed by atoms with van der Waals surface area (Å²) in [6.07, 6.45) is 15.0. The molecule has 0 aromatic rings. The van der Waals surface area contributed by atoms with Crippen molar-refractivity contribution in [2.24, 2.45) is 16.6 Å². The maximum Gasteiger partial charge on any atom is 0.0687 e. The number of hydrogen-bond donors (Lipinski definition) is 1. The molecular formula is C18H33NO. The zero-order chi connectivity index (χ0) is 14.3. The van der Waals surface area contributed by atoms with Crippen molar-refractivity contribution in [3.05, 3.63) is 0 Å². The highest BCUT2D eigenvalue weighted by Gasteiger charge is 2.46. The molecule has 20 heavy (non-hydrogen) atoms. The first-order chi connectivity index (χ1) is 9.47. The van der Waals surface area contributed by atoms with Gasteiger partial charge < -0.3 is 10.5 Å². The fourth-order valence-corrected chi connectivity index (χ4v) is 4.86. The molecule has 1 spiro atoms. The van der Waals surface area contributed by atoms with Crippen molar-refractivity contribution in [3.63, 3.8) is 0 Å². The van der Waals surface area contributed by atoms with Crippen LogP contribution in [0.1, 0.15) is 84.5 Å². The van der Waals surface area contributed by atoms with Crippen LogP contribution in [0.5, 0.6) is 0 Å². The molecule has 1 aliphatic heterocycles. The van der Waals surface area contributed by atoms with Gasteiger partial charge in [-0.25, -0.2) is 0 Å². The molecule has 1 atom stereocenters. The molecule has 116 valence electrons. The largest absolute Gasteiger partial charge is 0.372 e. The smallest absolute Gasteiger partial charge is 0.0687 e. The van der Waals surface area contributed by atoms with Gasteiger partial charge in [-0.1, -0.05) is 26.7 Å². The summed E-state index contributed by atoms with van der Waals surface area (Å²) in [6.45, 7) is 5.68. The number of hydrogen-bond acceptors (Lipinski definition) is 2. The third-order valence-corrected chi connectivity index (χ3v) is 6.61. The Morgan fingerprint density at radius 1 is 0.950 bits per heavy atom. The second kappa shape index (κ2) is 5.28. The Morgan fingerprint density at radius 2 is 1.60 bits per heavy atom. The van der Waals surface area contributed by atoms with Gasteiger partial charge in [0.2, 0.25) is 0 Å². The summed E-state index contributed by atoms with van der Waals surface area (Å²) in [5, 5.41) is 0. The van der Waals surface area contributed by atoms with Crippen LogP contribution in [-0.4, -0.2) is 18.2 Å². The van der Waals surface area contributed by atoms with E-state index < -0.39 is 0 Å². The summed E-state index contributed by atoms with van der Waals surface area (Å²) in [5.74, 6) is 0. The Bertz CT molecular complexity index is 333. The van der Waals surface area contributed by atoms with Crippen molar-refractivity contribution in [2.45, 2.75) is 96.2 Å². The quantitative estimate of drug-likeness (QED) is 0.830. The Labute approximate surface area is 124 Å². The second-order valence-electron chi connectivity index (χ2n) is 8.74. The molecule has 2 saturated carbocycles. The number of ether oxygens (including phenoxy) is 1. The fraction of sp³-hybridized carbons (Fsp3) is 1.00. The van der Waals surface area contributed by atoms with E-state index in [1.54, 1.807) is 0 Å². The third kappa shape index (κ3) is 2.92. The average Bonchev–Trinajstić information content (AvgIpc) is 3.04. The first kappa shape index (κ1) is 14.8. The lowest BCUT2D eigenvalue weighted by Crippen LogP contribution is -2.40. The van der Waals surface area contributed by atoms with Crippen LogP contribution in [0.2, 0.25) is 0 Å². The monoisotopic (exact) mass is 279 g/mol. The molecular weight excluding hydrogens is 246 g/mol. The molecule has 0 amide bonds. The van der Waals surface area contributed by atoms with E-state index in [1.807, 2.05) is 0 Å². The molecule has 2 nitrogen and oxygen atoms in total. The van der Waals surface area contributed by atoms with E-state index in [0.29, 0.717) is 16.9 Å². The van der Waals surface area contributed by atoms with E-state index in [-0.39, 0.29) is 5.60 Å². The number of rotatable bonds is 3. The van der Waals surface area contributed by atoms with Crippen LogP contribution in [0.4, 0.5) is 0 Å². The Hall–Kier alpha value is -0.0800. The summed E-state index contributed by atoms with van der Waals surface area (Å²) in [7, 11) is 0. The van der Waals surface area contributed by atoms with Crippen LogP contribution < -0.4 is 5.73 Å². The standard InChI is InChI=1S/C18H33NO/c1-16(2)9-11-17(14-19,12-10-16)13-15-5-8-18(20-15)6-3-4-7-18/h15H,3-14,19H2,1-2H3. The SMILES string of the molecule is CC1(C)CCC(CN)(CC2CCC3(CCCC3)O2)CC1. The van der Waals surface area contributed by atoms with Crippen LogP contribution in [-0.2, 0) is 4.74 Å². The van der Waals surface area contributed by atoms with Crippen LogP contribution in [0.25, 0.3) is 0 Å². The third-order valence-electron chi connectivity index (χ3n) is 6.61. The molecule has 1 saturated heterocycles. The lowest BCUT2D eigenvalue weighted by Gasteiger charge is -2.44. The molecule has 2 N–H and O–H groups in total. The number of nitrogens with two attached hydrogens (primary N) is 1. The molecule has 3 aliphatic rings. The normalized spacial score (nSPS) is 34.6. The maximum absolute atomic E-state index is 6.54. The average molecular weight is 279 g/mol. The highest BCUT2D eigenvalue weighted by Crippen LogP contribution is 2.50. The van der Waals surface area contributed by atoms with E-state index in [4.69, 9.17) is 10.5 Å². The van der Waals surface area contributed by atoms with E-state index >= 15 is 0 Å². The van der Waals surface area contributed by atoms with Gasteiger partial charge in [0.1, 0.15) is 0 Å². The van der Waals surface area contributed by atoms with Gasteiger partial charge in [0.05, 0.1) is 11.7 Å². The van der Waals surface area contributed by atoms with Gasteiger partial charge in [-0.3, -0.25) is 0 Å². The molecule has 0 aromatic heterocycles. The molecule has 0 aromatic carbocycles. The molecule has 3 rings (SSSR count). The minimum Gasteiger partial charge on any atom is -0.372 e. The summed E-state index contributed by atoms with van der Waals surface area (Å²) in [6, 6.07) is 0. The maximum atomic E-state index is 6.54. The molecule has 0 radical (unpaired) electrons. The van der Waals surface area contributed by atoms with E-state index in [1.165, 1.54) is 70.6 Å². The lowest BCUT2D eigenvalue weighted by atomic mass is 9.63. The highest BCUT2D eigenvalue weighted by molar-refractivity contribution is 4.97. The topological polar surface area (TPSA) is 35.2 Å². The van der Waals surface area contributed by atoms with E-state index in [2.05, 4.69) is 13.8 Å². The first-order valence-corrected chi connectivity index (χ1v) is 8.85. The predicted molar refractivity (Wildman–Crippen MR) is 83.7 cm³/mol. The van der Waals surface area contributed by atoms with Crippen molar-refractivity contribution in [2.75, 3.05) is 6.54 Å². The minimum absolute atomic E-state index is 0.286. The molecule has 2 heteroatoms. The van der Waals surface area contributed by atoms with Gasteiger partial charge in [-0.15, -0.1) is 0 Å². The lowest BCUT2D eigenvalue weighted by molar-refractivity contribution is -0.0605. The second-order valence-corrected chi connectivity index (χ2v) is 8.74. The summed E-state index contributed by atoms with van der Waals surface area (Å²) in [4.78, 5) is 0. The van der Waals surface area contributed by atoms with Gasteiger partial charge in [-0.05, 0) is 75.2 Å². The van der Waals surface area contributed by atoms with Gasteiger partial charge >= 0.3 is 0 Å². The zero-order valence-electron chi connectivity index (χ0n) is 13.5. The summed E-state index contributed by atoms with van der Waals surface area (Å²) in [5.41, 5.74) is 7.39. The zero-order valence-corrected chi connectivity index (χ0v) is 13.5. The van der Waals surface area contributed by atoms with Crippen molar-refractivity contribution >= 4 is 0 Å². The Kier molecular flexibility index (Phi) is 3.92. The van der Waals surface area contributed by atoms with Crippen LogP contribution >= 0.6 is 0 Å². The van der Waals surface area contributed by atoms with Crippen molar-refractivity contribution in [3.8, 4) is 0 Å². The minimum atomic E-state index is 0.286.